The van der Waals surface area contributed by atoms with Crippen LogP contribution in [0.4, 0.5) is 0 Å². The Morgan fingerprint density at radius 2 is 1.87 bits per heavy atom. The number of carbonyl (C=O) groups is 3. The molecule has 0 saturated carbocycles. The number of rotatable bonds is 11. The van der Waals surface area contributed by atoms with Crippen LogP contribution in [-0.2, 0) is 19.1 Å². The number of alkyl halides is 3. The molecule has 4 rings (SSSR count). The second-order valence-corrected chi connectivity index (χ2v) is 14.2. The van der Waals surface area contributed by atoms with Crippen LogP contribution in [0.2, 0.25) is 0 Å². The number of nitrogens with one attached hydrogen (secondary N) is 1. The Labute approximate surface area is 251 Å². The van der Waals surface area contributed by atoms with E-state index in [1.165, 1.54) is 26.5 Å². The minimum absolute atomic E-state index is 0.267. The average molecular weight is 647 g/mol. The van der Waals surface area contributed by atoms with Gasteiger partial charge < -0.3 is 19.7 Å². The van der Waals surface area contributed by atoms with Crippen molar-refractivity contribution in [3.05, 3.63) is 65.6 Å². The lowest BCUT2D eigenvalue weighted by atomic mass is 9.89. The Bertz CT molecular complexity index is 1330. The molecule has 1 aliphatic rings. The third kappa shape index (κ3) is 8.42. The lowest BCUT2D eigenvalue weighted by Crippen LogP contribution is -2.72. The lowest BCUT2D eigenvalue weighted by Gasteiger charge is -2.47. The first-order valence-corrected chi connectivity index (χ1v) is 15.6. The predicted molar refractivity (Wildman–Crippen MR) is 157 cm³/mol. The second kappa shape index (κ2) is 13.5. The Hall–Kier alpha value is -2.15. The van der Waals surface area contributed by atoms with Gasteiger partial charge in [-0.2, -0.15) is 0 Å². The molecule has 0 radical (unpaired) electrons. The molecule has 1 N–H and O–H groups in total. The van der Waals surface area contributed by atoms with E-state index in [-0.39, 0.29) is 13.2 Å². The van der Waals surface area contributed by atoms with Gasteiger partial charge in [0, 0.05) is 0 Å². The number of nitrogens with zero attached hydrogens (tertiary/aromatic N) is 2. The van der Waals surface area contributed by atoms with Crippen molar-refractivity contribution in [2.75, 3.05) is 19.8 Å². The fraction of sp³-hybridized carbons (Fsp3) is 0.280. The molecular formula is C25H22Cl3N3O5S3. The number of β-lactam (4-membered cyclic amide) rings is 1. The fourth-order valence-corrected chi connectivity index (χ4v) is 7.14. The summed E-state index contributed by atoms with van der Waals surface area (Å²) >= 11 is 18.5. The van der Waals surface area contributed by atoms with Gasteiger partial charge in [0.15, 0.2) is 10.9 Å². The molecule has 8 nitrogen and oxygen atoms in total. The zero-order chi connectivity index (χ0) is 28.0. The molecule has 0 aliphatic carbocycles. The first-order chi connectivity index (χ1) is 18.6. The zero-order valence-electron chi connectivity index (χ0n) is 20.3. The second-order valence-electron chi connectivity index (χ2n) is 8.32. The van der Waals surface area contributed by atoms with Crippen LogP contribution in [0.1, 0.15) is 6.92 Å². The first kappa shape index (κ1) is 29.8. The number of ether oxygens (including phenoxy) is 2. The quantitative estimate of drug-likeness (QED) is 0.124. The number of benzene rings is 2. The molecule has 1 aliphatic heterocycles. The molecule has 1 aromatic heterocycles. The van der Waals surface area contributed by atoms with Crippen molar-refractivity contribution in [2.24, 2.45) is 0 Å². The van der Waals surface area contributed by atoms with Crippen LogP contribution in [0.5, 0.6) is 5.75 Å². The maximum absolute atomic E-state index is 13.0. The van der Waals surface area contributed by atoms with Gasteiger partial charge >= 0.3 is 5.97 Å². The van der Waals surface area contributed by atoms with Gasteiger partial charge in [0.1, 0.15) is 24.9 Å². The number of thiazole rings is 1. The highest BCUT2D eigenvalue weighted by Crippen LogP contribution is 2.39. The zero-order valence-corrected chi connectivity index (χ0v) is 25.1. The monoisotopic (exact) mass is 645 g/mol. The van der Waals surface area contributed by atoms with Crippen molar-refractivity contribution >= 4 is 95.7 Å². The third-order valence-electron chi connectivity index (χ3n) is 5.42. The number of carbonyl (C=O) groups excluding carboxylic acids is 3. The van der Waals surface area contributed by atoms with E-state index in [2.05, 4.69) is 10.3 Å². The Balaban J connectivity index is 1.41. The molecule has 3 aromatic rings. The highest BCUT2D eigenvalue weighted by molar-refractivity contribution is 8.78. The lowest BCUT2D eigenvalue weighted by molar-refractivity contribution is -0.160. The summed E-state index contributed by atoms with van der Waals surface area (Å²) in [5, 5.41) is 4.58. The Kier molecular flexibility index (Phi) is 10.3. The van der Waals surface area contributed by atoms with Gasteiger partial charge in [-0.05, 0) is 53.0 Å². The number of likely N-dealkylation sites (tertiary alicyclic amines) is 1. The number of aromatic nitrogens is 1. The summed E-state index contributed by atoms with van der Waals surface area (Å²) < 4.78 is 10.7. The van der Waals surface area contributed by atoms with E-state index in [0.717, 1.165) is 20.1 Å². The molecule has 1 saturated heterocycles. The molecule has 206 valence electrons. The molecule has 0 spiro atoms. The topological polar surface area (TPSA) is 97.8 Å². The first-order valence-electron chi connectivity index (χ1n) is 11.5. The number of amides is 2. The number of fused-ring (bicyclic) bond motifs is 1. The van der Waals surface area contributed by atoms with Crippen molar-refractivity contribution in [1.29, 1.82) is 0 Å². The van der Waals surface area contributed by atoms with Crippen molar-refractivity contribution in [3.8, 4) is 5.75 Å². The molecule has 1 fully saturated rings. The normalized spacial score (nSPS) is 17.6. The molecule has 2 aromatic carbocycles. The smallest absolute Gasteiger partial charge is 0.325 e. The van der Waals surface area contributed by atoms with E-state index in [9.17, 15) is 14.4 Å². The Morgan fingerprint density at radius 3 is 2.59 bits per heavy atom. The van der Waals surface area contributed by atoms with Gasteiger partial charge in [-0.3, -0.25) is 14.4 Å². The molecule has 2 amide bonds. The van der Waals surface area contributed by atoms with E-state index < -0.39 is 40.3 Å². The minimum atomic E-state index is -1.77. The molecular weight excluding hydrogens is 625 g/mol. The van der Waals surface area contributed by atoms with Crippen LogP contribution in [0.25, 0.3) is 10.2 Å². The molecule has 0 bridgehead atoms. The summed E-state index contributed by atoms with van der Waals surface area (Å²) in [6, 6.07) is 15.3. The predicted octanol–water partition coefficient (Wildman–Crippen LogP) is 5.63. The number of para-hydroxylation sites is 2. The maximum Gasteiger partial charge on any atom is 0.325 e. The number of hydrogen-bond donors (Lipinski definition) is 1. The summed E-state index contributed by atoms with van der Waals surface area (Å²) in [5.74, 6) is -1.11. The van der Waals surface area contributed by atoms with E-state index in [1.54, 1.807) is 35.6 Å². The molecule has 39 heavy (non-hydrogen) atoms. The standard InChI is InChI=1S/C25H22Cl3N3O5S3/c1-15(13-37-39-24-29-17-9-5-6-10-18(17)38-24)22-21(30-19(32)12-35-16-7-3-2-4-8-16)23(34)31(22)11-20(33)36-14-25(26,27)28/h2-10,13,21-22H,11-12,14H2,1H3,(H,30,32). The fourth-order valence-electron chi connectivity index (χ4n) is 3.70. The van der Waals surface area contributed by atoms with Gasteiger partial charge in [-0.25, -0.2) is 4.98 Å². The van der Waals surface area contributed by atoms with Crippen LogP contribution in [-0.4, -0.2) is 63.3 Å². The SMILES string of the molecule is CC(=CSSc1nc2ccccc2s1)C1C(NC(=O)COc2ccccc2)C(=O)N1CC(=O)OCC(Cl)(Cl)Cl. The summed E-state index contributed by atoms with van der Waals surface area (Å²) in [4.78, 5) is 43.8. The molecule has 14 heteroatoms. The largest absolute Gasteiger partial charge is 0.484 e. The number of hydrogen-bond acceptors (Lipinski definition) is 9. The number of halogens is 3. The summed E-state index contributed by atoms with van der Waals surface area (Å²) in [5.41, 5.74) is 1.69. The third-order valence-corrected chi connectivity index (χ3v) is 9.24. The highest BCUT2D eigenvalue weighted by Gasteiger charge is 2.49. The Morgan fingerprint density at radius 1 is 1.15 bits per heavy atom. The van der Waals surface area contributed by atoms with Crippen LogP contribution >= 0.6 is 67.7 Å². The van der Waals surface area contributed by atoms with Gasteiger partial charge in [0.05, 0.1) is 16.3 Å². The van der Waals surface area contributed by atoms with Crippen molar-refractivity contribution in [3.63, 3.8) is 0 Å². The van der Waals surface area contributed by atoms with Crippen molar-refractivity contribution in [2.45, 2.75) is 27.1 Å². The average Bonchev–Trinajstić information content (AvgIpc) is 3.32. The van der Waals surface area contributed by atoms with Gasteiger partial charge in [0.25, 0.3) is 5.91 Å². The van der Waals surface area contributed by atoms with Crippen LogP contribution < -0.4 is 10.1 Å². The van der Waals surface area contributed by atoms with Crippen molar-refractivity contribution in [1.82, 2.24) is 15.2 Å². The molecule has 2 unspecified atom stereocenters. The number of esters is 1. The molecule has 2 heterocycles. The maximum atomic E-state index is 13.0. The van der Waals surface area contributed by atoms with Crippen LogP contribution in [0, 0.1) is 0 Å². The van der Waals surface area contributed by atoms with Gasteiger partial charge in [-0.1, -0.05) is 75.9 Å². The van der Waals surface area contributed by atoms with E-state index in [0.29, 0.717) is 5.75 Å². The van der Waals surface area contributed by atoms with Crippen LogP contribution in [0.3, 0.4) is 0 Å². The highest BCUT2D eigenvalue weighted by atomic mass is 35.6. The van der Waals surface area contributed by atoms with Gasteiger partial charge in [-0.15, -0.1) is 11.3 Å². The van der Waals surface area contributed by atoms with E-state index in [4.69, 9.17) is 44.3 Å². The molecule has 2 atom stereocenters. The minimum Gasteiger partial charge on any atom is -0.484 e. The van der Waals surface area contributed by atoms with Crippen molar-refractivity contribution < 1.29 is 23.9 Å². The van der Waals surface area contributed by atoms with Gasteiger partial charge in [0.2, 0.25) is 9.70 Å². The summed E-state index contributed by atoms with van der Waals surface area (Å²) in [7, 11) is 2.91. The summed E-state index contributed by atoms with van der Waals surface area (Å²) in [6.45, 7) is 0.737. The van der Waals surface area contributed by atoms with E-state index >= 15 is 0 Å². The summed E-state index contributed by atoms with van der Waals surface area (Å²) in [6.07, 6.45) is 0. The van der Waals surface area contributed by atoms with E-state index in [1.807, 2.05) is 42.7 Å². The van der Waals surface area contributed by atoms with Crippen LogP contribution in [0.15, 0.2) is 69.9 Å².